The number of benzene rings is 3. The Morgan fingerprint density at radius 2 is 1.58 bits per heavy atom. The number of anilines is 1. The number of nitrogens with one attached hydrogen (secondary N) is 1. The number of Topliss-reactive ketones (excluding diaryl/α,β-unsaturated/α-hetero) is 1. The molecule has 0 amide bonds. The molecular weight excluding hydrogens is 468 g/mol. The number of carbonyl (C=O) groups is 2. The number of fused-ring (bicyclic) bond motifs is 3. The van der Waals surface area contributed by atoms with Gasteiger partial charge in [-0.3, -0.25) is 4.79 Å². The number of rotatable bonds is 9. The number of hydrogen-bond acceptors (Lipinski definition) is 5. The fourth-order valence-electron chi connectivity index (χ4n) is 5.59. The van der Waals surface area contributed by atoms with Gasteiger partial charge < -0.3 is 14.5 Å². The zero-order valence-electron chi connectivity index (χ0n) is 20.6. The van der Waals surface area contributed by atoms with E-state index in [1.807, 2.05) is 91.2 Å². The highest BCUT2D eigenvalue weighted by atomic mass is 32.2. The fraction of sp³-hybridized carbons (Fsp3) is 0.333. The van der Waals surface area contributed by atoms with Crippen LogP contribution in [0, 0.1) is 5.92 Å². The average molecular weight is 502 g/mol. The molecule has 0 saturated carbocycles. The van der Waals surface area contributed by atoms with E-state index in [0.717, 1.165) is 47.6 Å². The van der Waals surface area contributed by atoms with Gasteiger partial charge in [0.25, 0.3) is 0 Å². The highest BCUT2D eigenvalue weighted by Crippen LogP contribution is 2.37. The summed E-state index contributed by atoms with van der Waals surface area (Å²) in [7, 11) is 0. The molecule has 3 aliphatic rings. The summed E-state index contributed by atoms with van der Waals surface area (Å²) in [6, 6.07) is 26.8. The Morgan fingerprint density at radius 3 is 2.22 bits per heavy atom. The highest BCUT2D eigenvalue weighted by Gasteiger charge is 2.49. The standard InChI is InChI=1S/C30H33N2O3S/c1-36-26-14-12-22(13-15-26)27(33)20-32-18-16-23(17-19-32)28(21-32)35-30(34)29(24-8-4-2-5-9-24)31-25-10-6-3-7-11-25/h2-15,23,28-29,31H,16-21H2,1H3/q+1/t23?,28-,29+,32?/m0/s1. The van der Waals surface area contributed by atoms with Crippen LogP contribution in [0.25, 0.3) is 0 Å². The van der Waals surface area contributed by atoms with E-state index in [1.54, 1.807) is 11.8 Å². The minimum Gasteiger partial charge on any atom is -0.454 e. The van der Waals surface area contributed by atoms with Gasteiger partial charge in [-0.05, 0) is 36.1 Å². The number of para-hydroxylation sites is 1. The van der Waals surface area contributed by atoms with Gasteiger partial charge in [0.15, 0.2) is 12.1 Å². The first kappa shape index (κ1) is 24.6. The predicted octanol–water partition coefficient (Wildman–Crippen LogP) is 5.60. The topological polar surface area (TPSA) is 55.4 Å². The second-order valence-electron chi connectivity index (χ2n) is 9.95. The largest absolute Gasteiger partial charge is 0.454 e. The number of esters is 1. The van der Waals surface area contributed by atoms with Gasteiger partial charge in [-0.25, -0.2) is 4.79 Å². The molecule has 6 heteroatoms. The minimum atomic E-state index is -0.589. The molecule has 3 fully saturated rings. The van der Waals surface area contributed by atoms with Crippen LogP contribution in [-0.4, -0.2) is 54.8 Å². The zero-order valence-corrected chi connectivity index (χ0v) is 21.5. The van der Waals surface area contributed by atoms with Gasteiger partial charge >= 0.3 is 5.97 Å². The molecule has 0 aromatic heterocycles. The normalized spacial score (nSPS) is 23.6. The maximum absolute atomic E-state index is 13.5. The second kappa shape index (κ2) is 10.9. The number of carbonyl (C=O) groups excluding carboxylic acids is 2. The second-order valence-corrected chi connectivity index (χ2v) is 10.8. The van der Waals surface area contributed by atoms with Crippen LogP contribution in [0.4, 0.5) is 5.69 Å². The van der Waals surface area contributed by atoms with Crippen LogP contribution in [0.5, 0.6) is 0 Å². The first-order valence-electron chi connectivity index (χ1n) is 12.6. The van der Waals surface area contributed by atoms with E-state index in [4.69, 9.17) is 4.74 Å². The van der Waals surface area contributed by atoms with Crippen molar-refractivity contribution in [2.45, 2.75) is 29.9 Å². The van der Waals surface area contributed by atoms with Crippen LogP contribution >= 0.6 is 11.8 Å². The van der Waals surface area contributed by atoms with Crippen molar-refractivity contribution < 1.29 is 18.8 Å². The van der Waals surface area contributed by atoms with Gasteiger partial charge in [-0.2, -0.15) is 0 Å². The van der Waals surface area contributed by atoms with Crippen molar-refractivity contribution >= 4 is 29.2 Å². The van der Waals surface area contributed by atoms with Crippen molar-refractivity contribution in [3.63, 3.8) is 0 Å². The highest BCUT2D eigenvalue weighted by molar-refractivity contribution is 7.98. The first-order chi connectivity index (χ1) is 17.5. The SMILES string of the molecule is CSc1ccc(C(=O)C[N+]23CCC(CC2)[C@@H](OC(=O)[C@H](Nc2ccccc2)c2ccccc2)C3)cc1. The maximum atomic E-state index is 13.5. The van der Waals surface area contributed by atoms with Crippen molar-refractivity contribution in [2.24, 2.45) is 5.92 Å². The summed E-state index contributed by atoms with van der Waals surface area (Å²) < 4.78 is 6.93. The Hall–Kier alpha value is -3.09. The van der Waals surface area contributed by atoms with E-state index in [0.29, 0.717) is 23.5 Å². The van der Waals surface area contributed by atoms with E-state index in [9.17, 15) is 9.59 Å². The molecule has 36 heavy (non-hydrogen) atoms. The van der Waals surface area contributed by atoms with Crippen LogP contribution in [0.3, 0.4) is 0 Å². The first-order valence-corrected chi connectivity index (χ1v) is 13.9. The lowest BCUT2D eigenvalue weighted by Crippen LogP contribution is -2.65. The van der Waals surface area contributed by atoms with E-state index in [1.165, 1.54) is 0 Å². The van der Waals surface area contributed by atoms with Crippen LogP contribution in [0.2, 0.25) is 0 Å². The Labute approximate surface area is 217 Å². The predicted molar refractivity (Wildman–Crippen MR) is 144 cm³/mol. The molecule has 1 N–H and O–H groups in total. The summed E-state index contributed by atoms with van der Waals surface area (Å²) in [4.78, 5) is 27.9. The molecule has 3 aromatic rings. The number of piperidine rings is 3. The lowest BCUT2D eigenvalue weighted by molar-refractivity contribution is -0.938. The van der Waals surface area contributed by atoms with Gasteiger partial charge in [-0.1, -0.05) is 60.7 Å². The van der Waals surface area contributed by atoms with Crippen molar-refractivity contribution in [2.75, 3.05) is 37.8 Å². The summed E-state index contributed by atoms with van der Waals surface area (Å²) >= 11 is 1.67. The molecule has 0 aliphatic carbocycles. The van der Waals surface area contributed by atoms with Crippen LogP contribution < -0.4 is 5.32 Å². The van der Waals surface area contributed by atoms with Gasteiger partial charge in [-0.15, -0.1) is 11.8 Å². The molecule has 3 aliphatic heterocycles. The molecule has 3 heterocycles. The molecule has 5 nitrogen and oxygen atoms in total. The Morgan fingerprint density at radius 1 is 0.944 bits per heavy atom. The number of hydrogen-bond donors (Lipinski definition) is 1. The zero-order chi connectivity index (χ0) is 25.0. The van der Waals surface area contributed by atoms with Crippen LogP contribution in [-0.2, 0) is 9.53 Å². The molecule has 2 atom stereocenters. The monoisotopic (exact) mass is 501 g/mol. The molecule has 0 radical (unpaired) electrons. The average Bonchev–Trinajstić information content (AvgIpc) is 2.93. The van der Waals surface area contributed by atoms with Gasteiger partial charge in [0.1, 0.15) is 13.1 Å². The van der Waals surface area contributed by atoms with Gasteiger partial charge in [0.2, 0.25) is 5.78 Å². The minimum absolute atomic E-state index is 0.168. The number of quaternary nitrogens is 1. The molecular formula is C30H33N2O3S+. The number of thioether (sulfide) groups is 1. The van der Waals surface area contributed by atoms with E-state index in [-0.39, 0.29) is 17.9 Å². The molecule has 2 bridgehead atoms. The Balaban J connectivity index is 1.29. The molecule has 3 saturated heterocycles. The third kappa shape index (κ3) is 5.50. The van der Waals surface area contributed by atoms with Gasteiger partial charge in [0, 0.05) is 34.9 Å². The smallest absolute Gasteiger partial charge is 0.333 e. The molecule has 6 rings (SSSR count). The lowest BCUT2D eigenvalue weighted by atomic mass is 9.82. The number of ketones is 1. The molecule has 0 unspecified atom stereocenters. The third-order valence-electron chi connectivity index (χ3n) is 7.65. The quantitative estimate of drug-likeness (QED) is 0.179. The van der Waals surface area contributed by atoms with Crippen molar-refractivity contribution in [3.8, 4) is 0 Å². The molecule has 3 aromatic carbocycles. The summed E-state index contributed by atoms with van der Waals surface area (Å²) in [6.45, 7) is 3.11. The van der Waals surface area contributed by atoms with Crippen molar-refractivity contribution in [1.82, 2.24) is 0 Å². The van der Waals surface area contributed by atoms with E-state index < -0.39 is 6.04 Å². The fourth-order valence-corrected chi connectivity index (χ4v) is 6.00. The summed E-state index contributed by atoms with van der Waals surface area (Å²) in [5, 5.41) is 3.37. The molecule has 186 valence electrons. The summed E-state index contributed by atoms with van der Waals surface area (Å²) in [5.74, 6) is 0.264. The molecule has 0 spiro atoms. The lowest BCUT2D eigenvalue weighted by Gasteiger charge is -2.51. The summed E-state index contributed by atoms with van der Waals surface area (Å²) in [5.41, 5.74) is 2.51. The van der Waals surface area contributed by atoms with Gasteiger partial charge in [0.05, 0.1) is 13.1 Å². The van der Waals surface area contributed by atoms with Crippen molar-refractivity contribution in [1.29, 1.82) is 0 Å². The third-order valence-corrected chi connectivity index (χ3v) is 8.40. The van der Waals surface area contributed by atoms with Crippen LogP contribution in [0.15, 0.2) is 89.8 Å². The Kier molecular flexibility index (Phi) is 7.44. The van der Waals surface area contributed by atoms with E-state index in [2.05, 4.69) is 5.32 Å². The van der Waals surface area contributed by atoms with Crippen LogP contribution in [0.1, 0.15) is 34.8 Å². The maximum Gasteiger partial charge on any atom is 0.333 e. The van der Waals surface area contributed by atoms with Crippen molar-refractivity contribution in [3.05, 3.63) is 96.1 Å². The number of nitrogens with zero attached hydrogens (tertiary/aromatic N) is 1. The number of ether oxygens (including phenoxy) is 1. The summed E-state index contributed by atoms with van der Waals surface area (Å²) in [6.07, 6.45) is 3.83. The van der Waals surface area contributed by atoms with E-state index >= 15 is 0 Å². The Bertz CT molecular complexity index is 1180.